The van der Waals surface area contributed by atoms with E-state index in [0.717, 1.165) is 11.3 Å². The van der Waals surface area contributed by atoms with Crippen molar-refractivity contribution in [2.24, 2.45) is 0 Å². The Morgan fingerprint density at radius 2 is 1.30 bits per heavy atom. The SMILES string of the molecule is O=C(Nc1ccccc1OCCOc1ccccc1)c1cccc(OCc2ccccc2)c1. The number of rotatable bonds is 10. The van der Waals surface area contributed by atoms with Crippen LogP contribution in [-0.4, -0.2) is 19.1 Å². The molecule has 0 spiro atoms. The molecule has 0 heterocycles. The zero-order valence-corrected chi connectivity index (χ0v) is 18.1. The molecule has 4 rings (SSSR count). The Bertz CT molecular complexity index is 1160. The molecule has 1 N–H and O–H groups in total. The van der Waals surface area contributed by atoms with Crippen LogP contribution in [0.2, 0.25) is 0 Å². The first-order valence-corrected chi connectivity index (χ1v) is 10.8. The highest BCUT2D eigenvalue weighted by atomic mass is 16.5. The number of para-hydroxylation sites is 3. The summed E-state index contributed by atoms with van der Waals surface area (Å²) in [6.45, 7) is 1.19. The van der Waals surface area contributed by atoms with Gasteiger partial charge >= 0.3 is 0 Å². The van der Waals surface area contributed by atoms with E-state index in [4.69, 9.17) is 14.2 Å². The van der Waals surface area contributed by atoms with Gasteiger partial charge in [0.15, 0.2) is 0 Å². The van der Waals surface area contributed by atoms with E-state index in [-0.39, 0.29) is 5.91 Å². The lowest BCUT2D eigenvalue weighted by Gasteiger charge is -2.13. The van der Waals surface area contributed by atoms with Crippen molar-refractivity contribution >= 4 is 11.6 Å². The van der Waals surface area contributed by atoms with Crippen molar-refractivity contribution in [1.29, 1.82) is 0 Å². The molecular weight excluding hydrogens is 414 g/mol. The van der Waals surface area contributed by atoms with E-state index >= 15 is 0 Å². The Labute approximate surface area is 193 Å². The van der Waals surface area contributed by atoms with Crippen LogP contribution in [0.4, 0.5) is 5.69 Å². The molecule has 0 unspecified atom stereocenters. The molecule has 4 aromatic rings. The van der Waals surface area contributed by atoms with Crippen molar-refractivity contribution in [3.05, 3.63) is 120 Å². The second-order valence-corrected chi connectivity index (χ2v) is 7.26. The zero-order valence-electron chi connectivity index (χ0n) is 18.1. The van der Waals surface area contributed by atoms with Gasteiger partial charge in [-0.05, 0) is 48.0 Å². The molecule has 5 nitrogen and oxygen atoms in total. The van der Waals surface area contributed by atoms with Gasteiger partial charge in [-0.3, -0.25) is 4.79 Å². The average molecular weight is 440 g/mol. The van der Waals surface area contributed by atoms with Crippen molar-refractivity contribution < 1.29 is 19.0 Å². The molecular formula is C28H25NO4. The van der Waals surface area contributed by atoms with Crippen molar-refractivity contribution in [2.45, 2.75) is 6.61 Å². The summed E-state index contributed by atoms with van der Waals surface area (Å²) in [6, 6.07) is 33.9. The molecule has 0 radical (unpaired) electrons. The number of anilines is 1. The molecule has 5 heteroatoms. The predicted octanol–water partition coefficient (Wildman–Crippen LogP) is 5.98. The molecule has 0 aliphatic carbocycles. The minimum atomic E-state index is -0.239. The molecule has 33 heavy (non-hydrogen) atoms. The largest absolute Gasteiger partial charge is 0.490 e. The number of hydrogen-bond acceptors (Lipinski definition) is 4. The number of nitrogens with one attached hydrogen (secondary N) is 1. The van der Waals surface area contributed by atoms with Crippen LogP contribution < -0.4 is 19.5 Å². The Hall–Kier alpha value is -4.25. The summed E-state index contributed by atoms with van der Waals surface area (Å²) in [5, 5.41) is 2.93. The standard InChI is InChI=1S/C28H25NO4/c30-28(23-12-9-15-25(20-23)33-21-22-10-3-1-4-11-22)29-26-16-7-8-17-27(26)32-19-18-31-24-13-5-2-6-14-24/h1-17,20H,18-19,21H2,(H,29,30). The molecule has 1 amide bonds. The monoisotopic (exact) mass is 439 g/mol. The Morgan fingerprint density at radius 1 is 0.636 bits per heavy atom. The summed E-state index contributed by atoms with van der Waals surface area (Å²) >= 11 is 0. The Balaban J connectivity index is 1.33. The van der Waals surface area contributed by atoms with Gasteiger partial charge < -0.3 is 19.5 Å². The van der Waals surface area contributed by atoms with Gasteiger partial charge in [0.1, 0.15) is 37.1 Å². The molecule has 0 atom stereocenters. The van der Waals surface area contributed by atoms with Crippen LogP contribution in [0.15, 0.2) is 109 Å². The third kappa shape index (κ3) is 6.61. The lowest BCUT2D eigenvalue weighted by Crippen LogP contribution is -2.14. The first-order chi connectivity index (χ1) is 16.3. The highest BCUT2D eigenvalue weighted by Crippen LogP contribution is 2.25. The van der Waals surface area contributed by atoms with Gasteiger partial charge in [0, 0.05) is 5.56 Å². The number of amides is 1. The first-order valence-electron chi connectivity index (χ1n) is 10.8. The Kier molecular flexibility index (Phi) is 7.58. The molecule has 0 bridgehead atoms. The normalized spacial score (nSPS) is 10.3. The van der Waals surface area contributed by atoms with Crippen LogP contribution >= 0.6 is 0 Å². The summed E-state index contributed by atoms with van der Waals surface area (Å²) < 4.78 is 17.3. The minimum absolute atomic E-state index is 0.239. The number of benzene rings is 4. The Morgan fingerprint density at radius 3 is 2.12 bits per heavy atom. The van der Waals surface area contributed by atoms with E-state index in [9.17, 15) is 4.79 Å². The van der Waals surface area contributed by atoms with E-state index in [1.807, 2.05) is 84.9 Å². The van der Waals surface area contributed by atoms with Gasteiger partial charge in [-0.2, -0.15) is 0 Å². The number of carbonyl (C=O) groups is 1. The van der Waals surface area contributed by atoms with Crippen LogP contribution in [0.3, 0.4) is 0 Å². The van der Waals surface area contributed by atoms with Gasteiger partial charge in [-0.25, -0.2) is 0 Å². The molecule has 0 aliphatic heterocycles. The minimum Gasteiger partial charge on any atom is -0.490 e. The molecule has 0 saturated heterocycles. The predicted molar refractivity (Wildman–Crippen MR) is 129 cm³/mol. The van der Waals surface area contributed by atoms with E-state index in [1.54, 1.807) is 24.3 Å². The summed E-state index contributed by atoms with van der Waals surface area (Å²) in [7, 11) is 0. The van der Waals surface area contributed by atoms with E-state index < -0.39 is 0 Å². The van der Waals surface area contributed by atoms with E-state index in [1.165, 1.54) is 0 Å². The first kappa shape index (κ1) is 22.0. The van der Waals surface area contributed by atoms with E-state index in [2.05, 4.69) is 5.32 Å². The summed E-state index contributed by atoms with van der Waals surface area (Å²) in [5.41, 5.74) is 2.16. The zero-order chi connectivity index (χ0) is 22.7. The number of carbonyl (C=O) groups excluding carboxylic acids is 1. The molecule has 0 aliphatic rings. The quantitative estimate of drug-likeness (QED) is 0.309. The van der Waals surface area contributed by atoms with Gasteiger partial charge in [0.2, 0.25) is 0 Å². The molecule has 166 valence electrons. The smallest absolute Gasteiger partial charge is 0.255 e. The molecule has 4 aromatic carbocycles. The third-order valence-electron chi connectivity index (χ3n) is 4.83. The maximum Gasteiger partial charge on any atom is 0.255 e. The summed E-state index contributed by atoms with van der Waals surface area (Å²) in [4.78, 5) is 12.9. The van der Waals surface area contributed by atoms with Gasteiger partial charge in [0.05, 0.1) is 5.69 Å². The maximum atomic E-state index is 12.9. The third-order valence-corrected chi connectivity index (χ3v) is 4.83. The fraction of sp³-hybridized carbons (Fsp3) is 0.107. The highest BCUT2D eigenvalue weighted by molar-refractivity contribution is 6.05. The summed E-state index contributed by atoms with van der Waals surface area (Å²) in [6.07, 6.45) is 0. The van der Waals surface area contributed by atoms with Crippen LogP contribution in [0.25, 0.3) is 0 Å². The van der Waals surface area contributed by atoms with Gasteiger partial charge in [-0.1, -0.05) is 66.7 Å². The second-order valence-electron chi connectivity index (χ2n) is 7.26. The fourth-order valence-electron chi connectivity index (χ4n) is 3.19. The fourth-order valence-corrected chi connectivity index (χ4v) is 3.19. The molecule has 0 fully saturated rings. The topological polar surface area (TPSA) is 56.8 Å². The average Bonchev–Trinajstić information content (AvgIpc) is 2.88. The van der Waals surface area contributed by atoms with Gasteiger partial charge in [-0.15, -0.1) is 0 Å². The number of ether oxygens (including phenoxy) is 3. The molecule has 0 saturated carbocycles. The van der Waals surface area contributed by atoms with Crippen LogP contribution in [0.5, 0.6) is 17.2 Å². The van der Waals surface area contributed by atoms with Crippen LogP contribution in [0.1, 0.15) is 15.9 Å². The van der Waals surface area contributed by atoms with E-state index in [0.29, 0.717) is 42.6 Å². The van der Waals surface area contributed by atoms with Gasteiger partial charge in [0.25, 0.3) is 5.91 Å². The lowest BCUT2D eigenvalue weighted by molar-refractivity contribution is 0.102. The van der Waals surface area contributed by atoms with Crippen LogP contribution in [0, 0.1) is 0 Å². The second kappa shape index (κ2) is 11.4. The lowest BCUT2D eigenvalue weighted by atomic mass is 10.2. The number of hydrogen-bond donors (Lipinski definition) is 1. The van der Waals surface area contributed by atoms with Crippen LogP contribution in [-0.2, 0) is 6.61 Å². The molecule has 0 aromatic heterocycles. The highest BCUT2D eigenvalue weighted by Gasteiger charge is 2.11. The van der Waals surface area contributed by atoms with Crippen molar-refractivity contribution in [1.82, 2.24) is 0 Å². The van der Waals surface area contributed by atoms with Crippen molar-refractivity contribution in [3.63, 3.8) is 0 Å². The van der Waals surface area contributed by atoms with Crippen molar-refractivity contribution in [3.8, 4) is 17.2 Å². The van der Waals surface area contributed by atoms with Crippen molar-refractivity contribution in [2.75, 3.05) is 18.5 Å². The maximum absolute atomic E-state index is 12.9. The summed E-state index contributed by atoms with van der Waals surface area (Å²) in [5.74, 6) is 1.77.